The van der Waals surface area contributed by atoms with Crippen LogP contribution in [0.15, 0.2) is 30.6 Å². The summed E-state index contributed by atoms with van der Waals surface area (Å²) in [6.07, 6.45) is 3.99. The Morgan fingerprint density at radius 2 is 1.87 bits per heavy atom. The molecule has 0 saturated heterocycles. The Bertz CT molecular complexity index is 1120. The molecule has 2 aromatic heterocycles. The molecule has 1 fully saturated rings. The maximum absolute atomic E-state index is 14.6. The van der Waals surface area contributed by atoms with Crippen LogP contribution >= 0.6 is 0 Å². The summed E-state index contributed by atoms with van der Waals surface area (Å²) in [5.74, 6) is -4.03. The first-order valence-electron chi connectivity index (χ1n) is 9.61. The predicted molar refractivity (Wildman–Crippen MR) is 101 cm³/mol. The van der Waals surface area contributed by atoms with E-state index in [4.69, 9.17) is 0 Å². The zero-order chi connectivity index (χ0) is 21.4. The summed E-state index contributed by atoms with van der Waals surface area (Å²) in [5.41, 5.74) is -0.506. The van der Waals surface area contributed by atoms with E-state index in [0.717, 1.165) is 35.6 Å². The van der Waals surface area contributed by atoms with Gasteiger partial charge >= 0.3 is 0 Å². The third-order valence-electron chi connectivity index (χ3n) is 5.45. The van der Waals surface area contributed by atoms with Crippen molar-refractivity contribution < 1.29 is 27.5 Å². The highest BCUT2D eigenvalue weighted by Gasteiger charge is 2.28. The lowest BCUT2D eigenvalue weighted by molar-refractivity contribution is 0.0718. The molecule has 9 heteroatoms. The minimum atomic E-state index is -0.918. The van der Waals surface area contributed by atoms with Gasteiger partial charge in [0.25, 0.3) is 5.91 Å². The molecule has 0 aliphatic heterocycles. The molecule has 1 aliphatic rings. The molecule has 2 heterocycles. The number of pyridine rings is 1. The Morgan fingerprint density at radius 1 is 1.13 bits per heavy atom. The summed E-state index contributed by atoms with van der Waals surface area (Å²) in [5, 5.41) is 12.5. The van der Waals surface area contributed by atoms with Crippen molar-refractivity contribution >= 4 is 16.8 Å². The lowest BCUT2D eigenvalue weighted by Crippen LogP contribution is -2.45. The van der Waals surface area contributed by atoms with E-state index in [-0.39, 0.29) is 28.6 Å². The van der Waals surface area contributed by atoms with Gasteiger partial charge in [0.15, 0.2) is 0 Å². The number of carbonyl (C=O) groups is 1. The molecule has 1 aromatic carbocycles. The second kappa shape index (κ2) is 8.06. The number of carbonyl (C=O) groups excluding carboxylic acids is 1. The predicted octanol–water partition coefficient (Wildman–Crippen LogP) is 3.67. The molecular weight excluding hydrogens is 402 g/mol. The first-order chi connectivity index (χ1) is 14.3. The molecule has 30 heavy (non-hydrogen) atoms. The summed E-state index contributed by atoms with van der Waals surface area (Å²) in [7, 11) is 0. The fourth-order valence-electron chi connectivity index (χ4n) is 3.94. The fraction of sp³-hybridized carbons (Fsp3) is 0.333. The van der Waals surface area contributed by atoms with E-state index in [1.165, 1.54) is 6.20 Å². The second-order valence-corrected chi connectivity index (χ2v) is 7.45. The van der Waals surface area contributed by atoms with E-state index in [1.54, 1.807) is 0 Å². The fourth-order valence-corrected chi connectivity index (χ4v) is 3.94. The highest BCUT2D eigenvalue weighted by atomic mass is 19.1. The maximum Gasteiger partial charge on any atom is 0.253 e. The van der Waals surface area contributed by atoms with Gasteiger partial charge in [-0.05, 0) is 25.0 Å². The normalized spacial score (nSPS) is 19.2. The minimum absolute atomic E-state index is 0.127. The molecular formula is C21H19F4N3O2. The van der Waals surface area contributed by atoms with E-state index in [9.17, 15) is 27.5 Å². The van der Waals surface area contributed by atoms with Crippen molar-refractivity contribution in [2.75, 3.05) is 0 Å². The molecule has 0 bridgehead atoms. The molecule has 4 rings (SSSR count). The minimum Gasteiger partial charge on any atom is -0.391 e. The number of nitrogens with one attached hydrogen (secondary N) is 1. The van der Waals surface area contributed by atoms with Crippen LogP contribution in [0.1, 0.15) is 41.6 Å². The van der Waals surface area contributed by atoms with Gasteiger partial charge in [0.2, 0.25) is 5.95 Å². The molecule has 1 aliphatic carbocycles. The Morgan fingerprint density at radius 3 is 2.63 bits per heavy atom. The molecule has 0 spiro atoms. The number of aliphatic hydroxyl groups excluding tert-OH is 1. The highest BCUT2D eigenvalue weighted by Crippen LogP contribution is 2.29. The van der Waals surface area contributed by atoms with Crippen LogP contribution < -0.4 is 5.32 Å². The zero-order valence-electron chi connectivity index (χ0n) is 15.8. The van der Waals surface area contributed by atoms with E-state index in [2.05, 4.69) is 10.3 Å². The monoisotopic (exact) mass is 421 g/mol. The molecule has 0 radical (unpaired) electrons. The SMILES string of the molecule is O=C(N[C@H]1CCCC[C@@H]1O)c1cn(Cc2cc(F)ncc2F)c2c(F)ccc(F)c12. The summed E-state index contributed by atoms with van der Waals surface area (Å²) in [4.78, 5) is 16.1. The number of aromatic nitrogens is 2. The van der Waals surface area contributed by atoms with E-state index in [1.807, 2.05) is 0 Å². The first kappa shape index (κ1) is 20.3. The van der Waals surface area contributed by atoms with Crippen LogP contribution in [-0.4, -0.2) is 32.7 Å². The number of nitrogens with zero attached hydrogens (tertiary/aromatic N) is 2. The lowest BCUT2D eigenvalue weighted by atomic mass is 9.92. The number of amides is 1. The topological polar surface area (TPSA) is 67.2 Å². The number of hydrogen-bond acceptors (Lipinski definition) is 3. The number of fused-ring (bicyclic) bond motifs is 1. The Balaban J connectivity index is 1.76. The molecule has 2 atom stereocenters. The number of aliphatic hydroxyl groups is 1. The summed E-state index contributed by atoms with van der Waals surface area (Å²) >= 11 is 0. The maximum atomic E-state index is 14.6. The molecule has 2 N–H and O–H groups in total. The summed E-state index contributed by atoms with van der Waals surface area (Å²) < 4.78 is 57.8. The van der Waals surface area contributed by atoms with Crippen molar-refractivity contribution in [2.24, 2.45) is 0 Å². The van der Waals surface area contributed by atoms with Gasteiger partial charge in [-0.3, -0.25) is 4.79 Å². The van der Waals surface area contributed by atoms with Crippen molar-refractivity contribution in [1.29, 1.82) is 0 Å². The number of benzene rings is 1. The lowest BCUT2D eigenvalue weighted by Gasteiger charge is -2.28. The van der Waals surface area contributed by atoms with E-state index in [0.29, 0.717) is 19.0 Å². The van der Waals surface area contributed by atoms with Crippen LogP contribution in [0.3, 0.4) is 0 Å². The zero-order valence-corrected chi connectivity index (χ0v) is 15.8. The average molecular weight is 421 g/mol. The van der Waals surface area contributed by atoms with Crippen molar-refractivity contribution in [3.05, 3.63) is 65.1 Å². The number of hydrogen-bond donors (Lipinski definition) is 2. The summed E-state index contributed by atoms with van der Waals surface area (Å²) in [6.45, 7) is -0.332. The quantitative estimate of drug-likeness (QED) is 0.499. The highest BCUT2D eigenvalue weighted by molar-refractivity contribution is 6.07. The molecule has 1 saturated carbocycles. The second-order valence-electron chi connectivity index (χ2n) is 7.45. The first-order valence-corrected chi connectivity index (χ1v) is 9.61. The molecule has 3 aromatic rings. The number of rotatable bonds is 4. The molecule has 5 nitrogen and oxygen atoms in total. The van der Waals surface area contributed by atoms with Crippen molar-refractivity contribution in [3.63, 3.8) is 0 Å². The van der Waals surface area contributed by atoms with Crippen molar-refractivity contribution in [2.45, 2.75) is 44.4 Å². The largest absolute Gasteiger partial charge is 0.391 e. The molecule has 1 amide bonds. The van der Waals surface area contributed by atoms with E-state index < -0.39 is 41.5 Å². The molecule has 158 valence electrons. The van der Waals surface area contributed by atoms with Crippen molar-refractivity contribution in [1.82, 2.24) is 14.9 Å². The van der Waals surface area contributed by atoms with Gasteiger partial charge < -0.3 is 15.0 Å². The molecule has 0 unspecified atom stereocenters. The van der Waals surface area contributed by atoms with Gasteiger partial charge in [0, 0.05) is 17.8 Å². The van der Waals surface area contributed by atoms with Gasteiger partial charge in [-0.25, -0.2) is 18.2 Å². The average Bonchev–Trinajstić information content (AvgIpc) is 3.10. The van der Waals surface area contributed by atoms with Crippen LogP contribution in [0, 0.1) is 23.4 Å². The van der Waals surface area contributed by atoms with E-state index >= 15 is 0 Å². The van der Waals surface area contributed by atoms with Gasteiger partial charge in [-0.2, -0.15) is 4.39 Å². The van der Waals surface area contributed by atoms with Crippen molar-refractivity contribution in [3.8, 4) is 0 Å². The number of halogens is 4. The van der Waals surface area contributed by atoms with Crippen LogP contribution in [0.25, 0.3) is 10.9 Å². The smallest absolute Gasteiger partial charge is 0.253 e. The third kappa shape index (κ3) is 3.77. The van der Waals surface area contributed by atoms with Crippen LogP contribution in [-0.2, 0) is 6.54 Å². The third-order valence-corrected chi connectivity index (χ3v) is 5.45. The Labute approximate surface area is 169 Å². The van der Waals surface area contributed by atoms with Gasteiger partial charge in [-0.15, -0.1) is 0 Å². The standard InChI is InChI=1S/C21H19F4N3O2/c22-13-5-6-14(23)20-19(13)12(21(30)27-16-3-1-2-4-17(16)29)10-28(20)9-11-7-18(25)26-8-15(11)24/h5-8,10,16-17,29H,1-4,9H2,(H,27,30)/t16-,17-/m0/s1. The van der Waals surface area contributed by atoms with Gasteiger partial charge in [-0.1, -0.05) is 12.8 Å². The van der Waals surface area contributed by atoms with Crippen LogP contribution in [0.5, 0.6) is 0 Å². The van der Waals surface area contributed by atoms with Gasteiger partial charge in [0.1, 0.15) is 17.5 Å². The van der Waals surface area contributed by atoms with Crippen LogP contribution in [0.2, 0.25) is 0 Å². The Hall–Kier alpha value is -2.94. The van der Waals surface area contributed by atoms with Gasteiger partial charge in [0.05, 0.1) is 41.4 Å². The van der Waals surface area contributed by atoms with Crippen LogP contribution in [0.4, 0.5) is 17.6 Å². The summed E-state index contributed by atoms with van der Waals surface area (Å²) in [6, 6.07) is 2.18. The Kier molecular flexibility index (Phi) is 5.46.